The van der Waals surface area contributed by atoms with Gasteiger partial charge in [0.1, 0.15) is 16.5 Å². The highest BCUT2D eigenvalue weighted by molar-refractivity contribution is 7.80. The Morgan fingerprint density at radius 2 is 1.85 bits per heavy atom. The van der Waals surface area contributed by atoms with Gasteiger partial charge < -0.3 is 19.7 Å². The summed E-state index contributed by atoms with van der Waals surface area (Å²) in [5, 5.41) is 2.78. The molecule has 0 atom stereocenters. The third-order valence-electron chi connectivity index (χ3n) is 4.22. The average molecular weight is 370 g/mol. The van der Waals surface area contributed by atoms with Crippen LogP contribution in [0.1, 0.15) is 18.4 Å². The largest absolute Gasteiger partial charge is 0.497 e. The molecule has 0 bridgehead atoms. The molecule has 0 aliphatic carbocycles. The minimum Gasteiger partial charge on any atom is -0.497 e. The van der Waals surface area contributed by atoms with Crippen molar-refractivity contribution in [2.75, 3.05) is 32.1 Å². The molecule has 6 heteroatoms. The zero-order chi connectivity index (χ0) is 18.4. The van der Waals surface area contributed by atoms with Gasteiger partial charge in [-0.1, -0.05) is 18.3 Å². The number of anilines is 1. The number of likely N-dealkylation sites (tertiary alicyclic amines) is 1. The average Bonchev–Trinajstić information content (AvgIpc) is 3.21. The maximum absolute atomic E-state index is 12.0. The molecule has 1 N–H and O–H groups in total. The molecule has 1 aliphatic rings. The van der Waals surface area contributed by atoms with Gasteiger partial charge in [-0.05, 0) is 49.2 Å². The van der Waals surface area contributed by atoms with Crippen LogP contribution in [0.4, 0.5) is 5.69 Å². The van der Waals surface area contributed by atoms with Gasteiger partial charge in [0, 0.05) is 30.4 Å². The number of benzene rings is 2. The summed E-state index contributed by atoms with van der Waals surface area (Å²) in [6, 6.07) is 14.8. The number of nitrogens with one attached hydrogen (secondary N) is 1. The Balaban J connectivity index is 1.51. The number of hydrogen-bond acceptors (Lipinski definition) is 4. The molecule has 26 heavy (non-hydrogen) atoms. The Labute approximate surface area is 158 Å². The van der Waals surface area contributed by atoms with Crippen molar-refractivity contribution in [2.45, 2.75) is 12.8 Å². The molecule has 1 saturated heterocycles. The maximum Gasteiger partial charge on any atom is 0.262 e. The van der Waals surface area contributed by atoms with Gasteiger partial charge in [-0.25, -0.2) is 0 Å². The number of methoxy groups -OCH3 is 1. The van der Waals surface area contributed by atoms with Crippen LogP contribution >= 0.6 is 12.2 Å². The lowest BCUT2D eigenvalue weighted by atomic mass is 10.2. The Hall–Kier alpha value is -2.60. The number of nitrogens with zero attached hydrogens (tertiary/aromatic N) is 1. The van der Waals surface area contributed by atoms with E-state index in [1.54, 1.807) is 19.2 Å². The maximum atomic E-state index is 12.0. The minimum atomic E-state index is -0.227. The van der Waals surface area contributed by atoms with E-state index in [1.807, 2.05) is 36.4 Å². The van der Waals surface area contributed by atoms with Gasteiger partial charge in [0.05, 0.1) is 7.11 Å². The van der Waals surface area contributed by atoms with E-state index in [4.69, 9.17) is 21.7 Å². The third-order valence-corrected chi connectivity index (χ3v) is 4.71. The van der Waals surface area contributed by atoms with Crippen molar-refractivity contribution >= 4 is 28.8 Å². The van der Waals surface area contributed by atoms with E-state index in [1.165, 1.54) is 12.8 Å². The monoisotopic (exact) mass is 370 g/mol. The van der Waals surface area contributed by atoms with Gasteiger partial charge in [-0.15, -0.1) is 0 Å². The smallest absolute Gasteiger partial charge is 0.262 e. The molecule has 1 amide bonds. The number of amides is 1. The molecule has 2 aromatic carbocycles. The minimum absolute atomic E-state index is 0.0624. The predicted octanol–water partition coefficient (Wildman–Crippen LogP) is 3.48. The zero-order valence-electron chi connectivity index (χ0n) is 14.7. The summed E-state index contributed by atoms with van der Waals surface area (Å²) >= 11 is 5.53. The summed E-state index contributed by atoms with van der Waals surface area (Å²) in [6.45, 7) is 2.00. The van der Waals surface area contributed by atoms with Crippen LogP contribution in [0.5, 0.6) is 11.5 Å². The Bertz CT molecular complexity index is 771. The SMILES string of the molecule is COc1cccc(NC(=O)COc2ccc(C(=S)N3CCCC3)cc2)c1. The lowest BCUT2D eigenvalue weighted by Gasteiger charge is -2.18. The highest BCUT2D eigenvalue weighted by atomic mass is 32.1. The van der Waals surface area contributed by atoms with Crippen molar-refractivity contribution in [3.63, 3.8) is 0 Å². The molecule has 5 nitrogen and oxygen atoms in total. The second-order valence-electron chi connectivity index (χ2n) is 6.09. The quantitative estimate of drug-likeness (QED) is 0.789. The fourth-order valence-electron chi connectivity index (χ4n) is 2.84. The highest BCUT2D eigenvalue weighted by Gasteiger charge is 2.16. The van der Waals surface area contributed by atoms with Crippen LogP contribution in [-0.2, 0) is 4.79 Å². The summed E-state index contributed by atoms with van der Waals surface area (Å²) in [5.41, 5.74) is 1.68. The molecule has 3 rings (SSSR count). The zero-order valence-corrected chi connectivity index (χ0v) is 15.6. The Kier molecular flexibility index (Phi) is 6.07. The van der Waals surface area contributed by atoms with Crippen LogP contribution in [-0.4, -0.2) is 42.6 Å². The number of thiocarbonyl (C=S) groups is 1. The van der Waals surface area contributed by atoms with Crippen LogP contribution in [0.2, 0.25) is 0 Å². The van der Waals surface area contributed by atoms with Gasteiger partial charge in [-0.3, -0.25) is 4.79 Å². The molecule has 1 aliphatic heterocycles. The van der Waals surface area contributed by atoms with Crippen molar-refractivity contribution in [1.29, 1.82) is 0 Å². The van der Waals surface area contributed by atoms with Crippen molar-refractivity contribution in [2.24, 2.45) is 0 Å². The standard InChI is InChI=1S/C20H22N2O3S/c1-24-18-6-4-5-16(13-18)21-19(23)14-25-17-9-7-15(8-10-17)20(26)22-11-2-3-12-22/h4-10,13H,2-3,11-12,14H2,1H3,(H,21,23). The summed E-state index contributed by atoms with van der Waals surface area (Å²) in [4.78, 5) is 15.1. The normalized spacial score (nSPS) is 13.3. The Morgan fingerprint density at radius 1 is 1.12 bits per heavy atom. The van der Waals surface area contributed by atoms with Crippen LogP contribution in [0.25, 0.3) is 0 Å². The van der Waals surface area contributed by atoms with Crippen molar-refractivity contribution < 1.29 is 14.3 Å². The second-order valence-corrected chi connectivity index (χ2v) is 6.48. The first kappa shape index (κ1) is 18.2. The first-order valence-corrected chi connectivity index (χ1v) is 9.02. The first-order valence-electron chi connectivity index (χ1n) is 8.62. The van der Waals surface area contributed by atoms with Gasteiger partial charge in [0.15, 0.2) is 6.61 Å². The van der Waals surface area contributed by atoms with Crippen molar-refractivity contribution in [3.05, 3.63) is 54.1 Å². The second kappa shape index (κ2) is 8.67. The molecule has 0 aromatic heterocycles. The van der Waals surface area contributed by atoms with Crippen LogP contribution in [0.3, 0.4) is 0 Å². The lowest BCUT2D eigenvalue weighted by molar-refractivity contribution is -0.118. The topological polar surface area (TPSA) is 50.8 Å². The fourth-order valence-corrected chi connectivity index (χ4v) is 3.16. The summed E-state index contributed by atoms with van der Waals surface area (Å²) in [6.07, 6.45) is 2.40. The summed E-state index contributed by atoms with van der Waals surface area (Å²) in [5.74, 6) is 1.10. The van der Waals surface area contributed by atoms with Gasteiger partial charge >= 0.3 is 0 Å². The summed E-state index contributed by atoms with van der Waals surface area (Å²) in [7, 11) is 1.59. The van der Waals surface area contributed by atoms with Crippen LogP contribution in [0.15, 0.2) is 48.5 Å². The van der Waals surface area contributed by atoms with Crippen molar-refractivity contribution in [1.82, 2.24) is 4.90 Å². The molecule has 0 radical (unpaired) electrons. The molecular weight excluding hydrogens is 348 g/mol. The molecule has 1 fully saturated rings. The molecule has 1 heterocycles. The first-order chi connectivity index (χ1) is 12.7. The van der Waals surface area contributed by atoms with E-state index in [-0.39, 0.29) is 12.5 Å². The number of rotatable bonds is 6. The van der Waals surface area contributed by atoms with E-state index >= 15 is 0 Å². The highest BCUT2D eigenvalue weighted by Crippen LogP contribution is 2.18. The van der Waals surface area contributed by atoms with Crippen molar-refractivity contribution in [3.8, 4) is 11.5 Å². The molecule has 0 unspecified atom stereocenters. The van der Waals surface area contributed by atoms with Crippen LogP contribution in [0, 0.1) is 0 Å². The van der Waals surface area contributed by atoms with E-state index in [0.29, 0.717) is 17.2 Å². The molecule has 0 spiro atoms. The summed E-state index contributed by atoms with van der Waals surface area (Å²) < 4.78 is 10.7. The van der Waals surface area contributed by atoms with E-state index in [2.05, 4.69) is 10.2 Å². The predicted molar refractivity (Wildman–Crippen MR) is 106 cm³/mol. The lowest BCUT2D eigenvalue weighted by Crippen LogP contribution is -2.26. The van der Waals surface area contributed by atoms with Crippen LogP contribution < -0.4 is 14.8 Å². The molecule has 0 saturated carbocycles. The van der Waals surface area contributed by atoms with E-state index in [0.717, 1.165) is 23.6 Å². The molecule has 2 aromatic rings. The fraction of sp³-hybridized carbons (Fsp3) is 0.300. The number of carbonyl (C=O) groups excluding carboxylic acids is 1. The Morgan fingerprint density at radius 3 is 2.54 bits per heavy atom. The van der Waals surface area contributed by atoms with Gasteiger partial charge in [0.2, 0.25) is 0 Å². The third kappa shape index (κ3) is 4.73. The van der Waals surface area contributed by atoms with E-state index in [9.17, 15) is 4.79 Å². The number of carbonyl (C=O) groups is 1. The molecule has 136 valence electrons. The van der Waals surface area contributed by atoms with E-state index < -0.39 is 0 Å². The number of ether oxygens (including phenoxy) is 2. The number of hydrogen-bond donors (Lipinski definition) is 1. The molecular formula is C20H22N2O3S. The van der Waals surface area contributed by atoms with Gasteiger partial charge in [0.25, 0.3) is 5.91 Å². The van der Waals surface area contributed by atoms with Gasteiger partial charge in [-0.2, -0.15) is 0 Å².